The average molecular weight is 323 g/mol. The Balaban J connectivity index is 1.97. The molecule has 2 aliphatic rings. The summed E-state index contributed by atoms with van der Waals surface area (Å²) in [5, 5.41) is 11.8. The molecule has 0 fully saturated rings. The number of hydrogen-bond donors (Lipinski definition) is 1. The number of allylic oxidation sites excluding steroid dienone is 3. The lowest BCUT2D eigenvalue weighted by atomic mass is 9.98. The standard InChI is InChI=1S/C16H16Cl2N2O/c1-16(21)10-20(12-8-6-11(17)7-9-12)15(19-16)13-4-2-3-5-14(13)18/h2-3,5-9,13,21H,4,10H2,1H3. The molecule has 5 heteroatoms. The van der Waals surface area contributed by atoms with Crippen LogP contribution in [0.15, 0.2) is 52.5 Å². The van der Waals surface area contributed by atoms with E-state index in [1.54, 1.807) is 6.92 Å². The molecule has 3 nitrogen and oxygen atoms in total. The lowest BCUT2D eigenvalue weighted by molar-refractivity contribution is 0.0879. The van der Waals surface area contributed by atoms with Crippen molar-refractivity contribution in [2.45, 2.75) is 19.1 Å². The second-order valence-corrected chi connectivity index (χ2v) is 6.39. The molecule has 1 aliphatic carbocycles. The Morgan fingerprint density at radius 1 is 1.29 bits per heavy atom. The molecule has 0 saturated carbocycles. The van der Waals surface area contributed by atoms with Gasteiger partial charge in [0.2, 0.25) is 0 Å². The fraction of sp³-hybridized carbons (Fsp3) is 0.312. The van der Waals surface area contributed by atoms with Gasteiger partial charge in [0.15, 0.2) is 5.72 Å². The number of hydrogen-bond acceptors (Lipinski definition) is 3. The summed E-state index contributed by atoms with van der Waals surface area (Å²) >= 11 is 12.3. The zero-order valence-corrected chi connectivity index (χ0v) is 13.1. The van der Waals surface area contributed by atoms with Crippen molar-refractivity contribution in [3.05, 3.63) is 52.5 Å². The minimum absolute atomic E-state index is 0.0127. The second kappa shape index (κ2) is 5.48. The van der Waals surface area contributed by atoms with Crippen LogP contribution in [0, 0.1) is 5.92 Å². The molecule has 0 bridgehead atoms. The van der Waals surface area contributed by atoms with E-state index in [9.17, 15) is 5.11 Å². The lowest BCUT2D eigenvalue weighted by Crippen LogP contribution is -2.36. The highest BCUT2D eigenvalue weighted by molar-refractivity contribution is 6.32. The zero-order chi connectivity index (χ0) is 15.0. The van der Waals surface area contributed by atoms with Crippen molar-refractivity contribution < 1.29 is 5.11 Å². The van der Waals surface area contributed by atoms with E-state index in [0.717, 1.165) is 23.0 Å². The summed E-state index contributed by atoms with van der Waals surface area (Å²) < 4.78 is 0. The van der Waals surface area contributed by atoms with Gasteiger partial charge in [0.25, 0.3) is 0 Å². The summed E-state index contributed by atoms with van der Waals surface area (Å²) in [6, 6.07) is 7.52. The fourth-order valence-corrected chi connectivity index (χ4v) is 3.05. The molecule has 1 heterocycles. The quantitative estimate of drug-likeness (QED) is 0.894. The maximum Gasteiger partial charge on any atom is 0.173 e. The topological polar surface area (TPSA) is 35.8 Å². The van der Waals surface area contributed by atoms with Crippen LogP contribution in [0.25, 0.3) is 0 Å². The highest BCUT2D eigenvalue weighted by atomic mass is 35.5. The van der Waals surface area contributed by atoms with Crippen LogP contribution in [0.2, 0.25) is 5.02 Å². The third kappa shape index (κ3) is 3.00. The normalized spacial score (nSPS) is 28.6. The number of aliphatic imine (C=N–C) groups is 1. The monoisotopic (exact) mass is 322 g/mol. The average Bonchev–Trinajstić information content (AvgIpc) is 2.76. The van der Waals surface area contributed by atoms with Crippen LogP contribution in [0.5, 0.6) is 0 Å². The molecule has 21 heavy (non-hydrogen) atoms. The van der Waals surface area contributed by atoms with Crippen LogP contribution in [-0.2, 0) is 0 Å². The van der Waals surface area contributed by atoms with Crippen LogP contribution < -0.4 is 4.90 Å². The Hall–Kier alpha value is -1.29. The van der Waals surface area contributed by atoms with E-state index in [0.29, 0.717) is 11.6 Å². The lowest BCUT2D eigenvalue weighted by Gasteiger charge is -2.27. The molecule has 0 amide bonds. The summed E-state index contributed by atoms with van der Waals surface area (Å²) in [7, 11) is 0. The van der Waals surface area contributed by atoms with Crippen LogP contribution in [0.3, 0.4) is 0 Å². The molecule has 3 rings (SSSR count). The number of nitrogens with zero attached hydrogens (tertiary/aromatic N) is 2. The number of β-amino-alcohol motifs (C(OH)–C–C–N with tert-alkyl or cyclic N) is 1. The molecule has 1 aromatic rings. The van der Waals surface area contributed by atoms with Crippen molar-refractivity contribution in [1.82, 2.24) is 0 Å². The molecule has 0 spiro atoms. The molecule has 1 aliphatic heterocycles. The van der Waals surface area contributed by atoms with Crippen LogP contribution in [-0.4, -0.2) is 23.2 Å². The molecular weight excluding hydrogens is 307 g/mol. The van der Waals surface area contributed by atoms with Gasteiger partial charge in [0.05, 0.1) is 12.5 Å². The van der Waals surface area contributed by atoms with Gasteiger partial charge >= 0.3 is 0 Å². The van der Waals surface area contributed by atoms with E-state index < -0.39 is 5.72 Å². The van der Waals surface area contributed by atoms with E-state index in [2.05, 4.69) is 11.1 Å². The first-order valence-electron chi connectivity index (χ1n) is 6.84. The van der Waals surface area contributed by atoms with Gasteiger partial charge in [-0.1, -0.05) is 35.4 Å². The molecule has 0 aromatic heterocycles. The first-order chi connectivity index (χ1) is 9.96. The van der Waals surface area contributed by atoms with Crippen LogP contribution in [0.1, 0.15) is 13.3 Å². The Labute approximate surface area is 134 Å². The molecule has 1 N–H and O–H groups in total. The smallest absolute Gasteiger partial charge is 0.173 e. The third-order valence-electron chi connectivity index (χ3n) is 3.64. The number of anilines is 1. The van der Waals surface area contributed by atoms with E-state index in [-0.39, 0.29) is 5.92 Å². The van der Waals surface area contributed by atoms with E-state index in [1.807, 2.05) is 41.3 Å². The van der Waals surface area contributed by atoms with Crippen molar-refractivity contribution in [2.75, 3.05) is 11.4 Å². The van der Waals surface area contributed by atoms with Gasteiger partial charge < -0.3 is 10.0 Å². The molecular formula is C16H16Cl2N2O. The van der Waals surface area contributed by atoms with E-state index >= 15 is 0 Å². The Bertz CT molecular complexity index is 632. The summed E-state index contributed by atoms with van der Waals surface area (Å²) in [6.45, 7) is 2.12. The van der Waals surface area contributed by atoms with Gasteiger partial charge in [-0.3, -0.25) is 0 Å². The van der Waals surface area contributed by atoms with Crippen molar-refractivity contribution in [1.29, 1.82) is 0 Å². The Morgan fingerprint density at radius 2 is 2.00 bits per heavy atom. The van der Waals surface area contributed by atoms with Gasteiger partial charge in [0, 0.05) is 15.7 Å². The highest BCUT2D eigenvalue weighted by Gasteiger charge is 2.38. The first-order valence-corrected chi connectivity index (χ1v) is 7.59. The van der Waals surface area contributed by atoms with Crippen LogP contribution in [0.4, 0.5) is 5.69 Å². The second-order valence-electron chi connectivity index (χ2n) is 5.52. The minimum Gasteiger partial charge on any atom is -0.368 e. The van der Waals surface area contributed by atoms with Gasteiger partial charge in [-0.2, -0.15) is 0 Å². The summed E-state index contributed by atoms with van der Waals surface area (Å²) in [6.07, 6.45) is 6.67. The third-order valence-corrected chi connectivity index (χ3v) is 4.28. The summed E-state index contributed by atoms with van der Waals surface area (Å²) in [5.41, 5.74) is -0.150. The molecule has 0 radical (unpaired) electrons. The maximum absolute atomic E-state index is 10.3. The predicted molar refractivity (Wildman–Crippen MR) is 88.0 cm³/mol. The minimum atomic E-state index is -1.10. The highest BCUT2D eigenvalue weighted by Crippen LogP contribution is 2.34. The van der Waals surface area contributed by atoms with Gasteiger partial charge in [-0.05, 0) is 43.7 Å². The number of rotatable bonds is 2. The van der Waals surface area contributed by atoms with Gasteiger partial charge in [0.1, 0.15) is 5.84 Å². The summed E-state index contributed by atoms with van der Waals surface area (Å²) in [5.74, 6) is 0.786. The molecule has 2 unspecified atom stereocenters. The van der Waals surface area contributed by atoms with Crippen molar-refractivity contribution in [3.63, 3.8) is 0 Å². The number of halogens is 2. The van der Waals surface area contributed by atoms with Gasteiger partial charge in [-0.15, -0.1) is 0 Å². The molecule has 1 aromatic carbocycles. The predicted octanol–water partition coefficient (Wildman–Crippen LogP) is 3.97. The fourth-order valence-electron chi connectivity index (χ4n) is 2.67. The van der Waals surface area contributed by atoms with E-state index in [1.165, 1.54) is 0 Å². The first kappa shape index (κ1) is 14.6. The molecule has 110 valence electrons. The zero-order valence-electron chi connectivity index (χ0n) is 11.6. The van der Waals surface area contributed by atoms with Crippen LogP contribution >= 0.6 is 23.2 Å². The SMILES string of the molecule is CC1(O)CN(c2ccc(Cl)cc2)C(C2CC=CC=C2Cl)=N1. The van der Waals surface area contributed by atoms with Gasteiger partial charge in [-0.25, -0.2) is 4.99 Å². The largest absolute Gasteiger partial charge is 0.368 e. The number of aliphatic hydroxyl groups is 1. The van der Waals surface area contributed by atoms with Crippen molar-refractivity contribution >= 4 is 34.7 Å². The van der Waals surface area contributed by atoms with E-state index in [4.69, 9.17) is 23.2 Å². The van der Waals surface area contributed by atoms with Crippen molar-refractivity contribution in [2.24, 2.45) is 10.9 Å². The molecule has 2 atom stereocenters. The Morgan fingerprint density at radius 3 is 2.67 bits per heavy atom. The maximum atomic E-state index is 10.3. The van der Waals surface area contributed by atoms with Crippen molar-refractivity contribution in [3.8, 4) is 0 Å². The number of amidine groups is 1. The molecule has 0 saturated heterocycles. The Kier molecular flexibility index (Phi) is 3.82. The number of benzene rings is 1. The summed E-state index contributed by atoms with van der Waals surface area (Å²) in [4.78, 5) is 6.49.